The van der Waals surface area contributed by atoms with Gasteiger partial charge in [-0.3, -0.25) is 9.59 Å². The highest BCUT2D eigenvalue weighted by Gasteiger charge is 2.34. The summed E-state index contributed by atoms with van der Waals surface area (Å²) < 4.78 is 5.34. The standard InChI is InChI=1S/C16H22N2O3/c1-4-11(2)15-16(20)18(10-9-14(19)17-15)12-7-5-6-8-13(12)21-3/h5-8,11,15H,4,9-10H2,1-3H3,(H,17,19). The van der Waals surface area contributed by atoms with Gasteiger partial charge in [-0.25, -0.2) is 0 Å². The smallest absolute Gasteiger partial charge is 0.249 e. The van der Waals surface area contributed by atoms with Crippen molar-refractivity contribution in [2.75, 3.05) is 18.6 Å². The third-order valence-electron chi connectivity index (χ3n) is 4.00. The molecule has 5 nitrogen and oxygen atoms in total. The van der Waals surface area contributed by atoms with Gasteiger partial charge in [-0.1, -0.05) is 32.4 Å². The first kappa shape index (κ1) is 15.4. The topological polar surface area (TPSA) is 58.6 Å². The van der Waals surface area contributed by atoms with Crippen LogP contribution in [0.15, 0.2) is 24.3 Å². The lowest BCUT2D eigenvalue weighted by atomic mass is 9.98. The first-order chi connectivity index (χ1) is 10.1. The highest BCUT2D eigenvalue weighted by molar-refractivity contribution is 6.02. The van der Waals surface area contributed by atoms with Crippen LogP contribution in [0.2, 0.25) is 0 Å². The van der Waals surface area contributed by atoms with Crippen molar-refractivity contribution in [3.8, 4) is 5.75 Å². The maximum atomic E-state index is 12.8. The summed E-state index contributed by atoms with van der Waals surface area (Å²) in [5.74, 6) is 0.589. The molecule has 2 rings (SSSR count). The Hall–Kier alpha value is -2.04. The molecule has 0 spiro atoms. The van der Waals surface area contributed by atoms with Crippen molar-refractivity contribution in [3.05, 3.63) is 24.3 Å². The minimum absolute atomic E-state index is 0.0697. The number of amides is 2. The summed E-state index contributed by atoms with van der Waals surface area (Å²) in [6, 6.07) is 6.92. The maximum Gasteiger partial charge on any atom is 0.249 e. The van der Waals surface area contributed by atoms with E-state index in [1.54, 1.807) is 12.0 Å². The number of nitrogens with one attached hydrogen (secondary N) is 1. The van der Waals surface area contributed by atoms with Crippen LogP contribution in [0.4, 0.5) is 5.69 Å². The van der Waals surface area contributed by atoms with E-state index in [0.29, 0.717) is 18.7 Å². The van der Waals surface area contributed by atoms with Crippen molar-refractivity contribution in [3.63, 3.8) is 0 Å². The lowest BCUT2D eigenvalue weighted by Crippen LogP contribution is -2.48. The van der Waals surface area contributed by atoms with Gasteiger partial charge in [0.2, 0.25) is 11.8 Å². The number of methoxy groups -OCH3 is 1. The van der Waals surface area contributed by atoms with Gasteiger partial charge >= 0.3 is 0 Å². The third kappa shape index (κ3) is 3.17. The predicted molar refractivity (Wildman–Crippen MR) is 81.3 cm³/mol. The van der Waals surface area contributed by atoms with Crippen LogP contribution in [0.5, 0.6) is 5.75 Å². The molecule has 5 heteroatoms. The van der Waals surface area contributed by atoms with Gasteiger partial charge in [0.15, 0.2) is 0 Å². The molecule has 1 fully saturated rings. The number of anilines is 1. The van der Waals surface area contributed by atoms with E-state index in [1.165, 1.54) is 0 Å². The number of nitrogens with zero attached hydrogens (tertiary/aromatic N) is 1. The second-order valence-electron chi connectivity index (χ2n) is 5.34. The molecule has 0 saturated carbocycles. The minimum atomic E-state index is -0.477. The summed E-state index contributed by atoms with van der Waals surface area (Å²) in [7, 11) is 1.58. The molecule has 2 atom stereocenters. The number of carbonyl (C=O) groups excluding carboxylic acids is 2. The Morgan fingerprint density at radius 2 is 2.10 bits per heavy atom. The first-order valence-electron chi connectivity index (χ1n) is 7.32. The molecular weight excluding hydrogens is 268 g/mol. The van der Waals surface area contributed by atoms with Crippen molar-refractivity contribution in [2.24, 2.45) is 5.92 Å². The Morgan fingerprint density at radius 3 is 2.76 bits per heavy atom. The SMILES string of the molecule is CCC(C)C1NC(=O)CCN(c2ccccc2OC)C1=O. The fourth-order valence-electron chi connectivity index (χ4n) is 2.51. The lowest BCUT2D eigenvalue weighted by Gasteiger charge is -2.28. The van der Waals surface area contributed by atoms with E-state index in [-0.39, 0.29) is 17.7 Å². The van der Waals surface area contributed by atoms with Crippen LogP contribution < -0.4 is 15.0 Å². The Labute approximate surface area is 125 Å². The lowest BCUT2D eigenvalue weighted by molar-refractivity contribution is -0.126. The zero-order valence-electron chi connectivity index (χ0n) is 12.8. The zero-order valence-corrected chi connectivity index (χ0v) is 12.8. The van der Waals surface area contributed by atoms with Crippen LogP contribution >= 0.6 is 0 Å². The third-order valence-corrected chi connectivity index (χ3v) is 4.00. The summed E-state index contributed by atoms with van der Waals surface area (Å²) in [6.07, 6.45) is 1.13. The van der Waals surface area contributed by atoms with Crippen molar-refractivity contribution in [1.29, 1.82) is 0 Å². The Balaban J connectivity index is 2.37. The number of hydrogen-bond donors (Lipinski definition) is 1. The molecule has 1 aliphatic rings. The van der Waals surface area contributed by atoms with Gasteiger partial charge in [-0.15, -0.1) is 0 Å². The number of rotatable bonds is 4. The van der Waals surface area contributed by atoms with Gasteiger partial charge in [0, 0.05) is 13.0 Å². The average Bonchev–Trinajstić information content (AvgIpc) is 2.66. The Morgan fingerprint density at radius 1 is 1.38 bits per heavy atom. The normalized spacial score (nSPS) is 20.7. The average molecular weight is 290 g/mol. The molecule has 2 amide bonds. The van der Waals surface area contributed by atoms with Crippen LogP contribution in [0.1, 0.15) is 26.7 Å². The van der Waals surface area contributed by atoms with Gasteiger partial charge in [0.25, 0.3) is 0 Å². The van der Waals surface area contributed by atoms with Crippen LogP contribution in [-0.4, -0.2) is 31.5 Å². The maximum absolute atomic E-state index is 12.8. The van der Waals surface area contributed by atoms with E-state index in [2.05, 4.69) is 5.32 Å². The molecule has 1 saturated heterocycles. The molecule has 1 N–H and O–H groups in total. The zero-order chi connectivity index (χ0) is 15.4. The fraction of sp³-hybridized carbons (Fsp3) is 0.500. The number of ether oxygens (including phenoxy) is 1. The second-order valence-corrected chi connectivity index (χ2v) is 5.34. The summed E-state index contributed by atoms with van der Waals surface area (Å²) in [5, 5.41) is 2.85. The van der Waals surface area contributed by atoms with E-state index < -0.39 is 6.04 Å². The van der Waals surface area contributed by atoms with Gasteiger partial charge in [-0.2, -0.15) is 0 Å². The van der Waals surface area contributed by atoms with Gasteiger partial charge < -0.3 is 15.0 Å². The molecular formula is C16H22N2O3. The molecule has 1 heterocycles. The molecule has 0 aliphatic carbocycles. The number of carbonyl (C=O) groups is 2. The largest absolute Gasteiger partial charge is 0.495 e. The van der Waals surface area contributed by atoms with Crippen molar-refractivity contribution in [1.82, 2.24) is 5.32 Å². The van der Waals surface area contributed by atoms with Gasteiger partial charge in [0.1, 0.15) is 11.8 Å². The summed E-state index contributed by atoms with van der Waals surface area (Å²) in [5.41, 5.74) is 0.717. The molecule has 1 aromatic rings. The van der Waals surface area contributed by atoms with E-state index in [0.717, 1.165) is 12.1 Å². The molecule has 21 heavy (non-hydrogen) atoms. The Kier molecular flexibility index (Phi) is 4.83. The quantitative estimate of drug-likeness (QED) is 0.922. The van der Waals surface area contributed by atoms with Gasteiger partial charge in [0.05, 0.1) is 12.8 Å². The van der Waals surface area contributed by atoms with Crippen molar-refractivity contribution in [2.45, 2.75) is 32.7 Å². The number of hydrogen-bond acceptors (Lipinski definition) is 3. The van der Waals surface area contributed by atoms with Gasteiger partial charge in [-0.05, 0) is 18.1 Å². The molecule has 0 bridgehead atoms. The van der Waals surface area contributed by atoms with Crippen LogP contribution in [0.25, 0.3) is 0 Å². The monoisotopic (exact) mass is 290 g/mol. The van der Waals surface area contributed by atoms with Crippen LogP contribution in [0, 0.1) is 5.92 Å². The highest BCUT2D eigenvalue weighted by Crippen LogP contribution is 2.30. The molecule has 0 aromatic heterocycles. The van der Waals surface area contributed by atoms with Crippen LogP contribution in [0.3, 0.4) is 0 Å². The molecule has 0 radical (unpaired) electrons. The second kappa shape index (κ2) is 6.61. The highest BCUT2D eigenvalue weighted by atomic mass is 16.5. The minimum Gasteiger partial charge on any atom is -0.495 e. The number of benzene rings is 1. The van der Waals surface area contributed by atoms with E-state index in [4.69, 9.17) is 4.74 Å². The van der Waals surface area contributed by atoms with E-state index in [9.17, 15) is 9.59 Å². The molecule has 1 aliphatic heterocycles. The summed E-state index contributed by atoms with van der Waals surface area (Å²) in [6.45, 7) is 4.37. The fourth-order valence-corrected chi connectivity index (χ4v) is 2.51. The number of para-hydroxylation sites is 2. The summed E-state index contributed by atoms with van der Waals surface area (Å²) >= 11 is 0. The van der Waals surface area contributed by atoms with E-state index >= 15 is 0 Å². The molecule has 2 unspecified atom stereocenters. The van der Waals surface area contributed by atoms with Crippen molar-refractivity contribution < 1.29 is 14.3 Å². The molecule has 114 valence electrons. The summed E-state index contributed by atoms with van der Waals surface area (Å²) in [4.78, 5) is 26.3. The molecule has 1 aromatic carbocycles. The Bertz CT molecular complexity index is 530. The van der Waals surface area contributed by atoms with E-state index in [1.807, 2.05) is 38.1 Å². The predicted octanol–water partition coefficient (Wildman–Crippen LogP) is 1.96. The van der Waals surface area contributed by atoms with Crippen LogP contribution in [-0.2, 0) is 9.59 Å². The first-order valence-corrected chi connectivity index (χ1v) is 7.32. The van der Waals surface area contributed by atoms with Crippen molar-refractivity contribution >= 4 is 17.5 Å².